The van der Waals surface area contributed by atoms with Crippen molar-refractivity contribution in [2.45, 2.75) is 32.2 Å². The van der Waals surface area contributed by atoms with E-state index in [4.69, 9.17) is 6.42 Å². The second-order valence-corrected chi connectivity index (χ2v) is 3.66. The number of hydrogen-bond acceptors (Lipinski definition) is 2. The highest BCUT2D eigenvalue weighted by atomic mass is 15.3. The highest BCUT2D eigenvalue weighted by Crippen LogP contribution is 2.15. The van der Waals surface area contributed by atoms with Gasteiger partial charge in [0.2, 0.25) is 0 Å². The Kier molecular flexibility index (Phi) is 4.92. The van der Waals surface area contributed by atoms with E-state index in [2.05, 4.69) is 23.3 Å². The molecule has 0 spiro atoms. The minimum absolute atomic E-state index is 0.294. The maximum absolute atomic E-state index is 5.29. The Balaban J connectivity index is 2.59. The number of hydrogen-bond donors (Lipinski definition) is 1. The standard InChI is InChI=1S/C12H19N3/c1-4-6-7-11(13-9-5-2)12-8-10-15(3)14-12/h1,8,10-11,13H,5-7,9H2,2-3H3. The van der Waals surface area contributed by atoms with E-state index in [0.29, 0.717) is 6.04 Å². The molecule has 3 nitrogen and oxygen atoms in total. The lowest BCUT2D eigenvalue weighted by Crippen LogP contribution is -2.22. The van der Waals surface area contributed by atoms with Gasteiger partial charge >= 0.3 is 0 Å². The molecular weight excluding hydrogens is 186 g/mol. The third-order valence-electron chi connectivity index (χ3n) is 2.31. The highest BCUT2D eigenvalue weighted by Gasteiger charge is 2.12. The van der Waals surface area contributed by atoms with Gasteiger partial charge in [0.1, 0.15) is 0 Å². The van der Waals surface area contributed by atoms with Crippen LogP contribution >= 0.6 is 0 Å². The third-order valence-corrected chi connectivity index (χ3v) is 2.31. The van der Waals surface area contributed by atoms with Gasteiger partial charge in [0, 0.05) is 19.7 Å². The zero-order valence-electron chi connectivity index (χ0n) is 9.53. The highest BCUT2D eigenvalue weighted by molar-refractivity contribution is 5.06. The molecule has 1 heterocycles. The van der Waals surface area contributed by atoms with Crippen LogP contribution in [-0.4, -0.2) is 16.3 Å². The van der Waals surface area contributed by atoms with E-state index in [1.54, 1.807) is 0 Å². The van der Waals surface area contributed by atoms with Crippen molar-refractivity contribution < 1.29 is 0 Å². The molecule has 0 saturated heterocycles. The fourth-order valence-electron chi connectivity index (χ4n) is 1.52. The average Bonchev–Trinajstić information content (AvgIpc) is 2.65. The summed E-state index contributed by atoms with van der Waals surface area (Å²) in [5.74, 6) is 2.68. The van der Waals surface area contributed by atoms with Gasteiger partial charge in [-0.1, -0.05) is 6.92 Å². The maximum atomic E-state index is 5.29. The van der Waals surface area contributed by atoms with Crippen LogP contribution < -0.4 is 5.32 Å². The summed E-state index contributed by atoms with van der Waals surface area (Å²) in [5, 5.41) is 7.86. The van der Waals surface area contributed by atoms with Crippen molar-refractivity contribution in [3.8, 4) is 12.3 Å². The van der Waals surface area contributed by atoms with Crippen LogP contribution in [-0.2, 0) is 7.05 Å². The van der Waals surface area contributed by atoms with E-state index in [9.17, 15) is 0 Å². The summed E-state index contributed by atoms with van der Waals surface area (Å²) < 4.78 is 1.83. The van der Waals surface area contributed by atoms with Gasteiger partial charge in [-0.3, -0.25) is 4.68 Å². The second-order valence-electron chi connectivity index (χ2n) is 3.66. The Hall–Kier alpha value is -1.27. The fourth-order valence-corrected chi connectivity index (χ4v) is 1.52. The number of aromatic nitrogens is 2. The topological polar surface area (TPSA) is 29.9 Å². The summed E-state index contributed by atoms with van der Waals surface area (Å²) in [5.41, 5.74) is 1.08. The molecule has 0 fully saturated rings. The summed E-state index contributed by atoms with van der Waals surface area (Å²) in [6.07, 6.45) is 10.1. The summed E-state index contributed by atoms with van der Waals surface area (Å²) in [6, 6.07) is 2.34. The molecular formula is C12H19N3. The van der Waals surface area contributed by atoms with Crippen molar-refractivity contribution in [2.24, 2.45) is 7.05 Å². The smallest absolute Gasteiger partial charge is 0.0794 e. The van der Waals surface area contributed by atoms with Crippen LogP contribution in [0.25, 0.3) is 0 Å². The van der Waals surface area contributed by atoms with Crippen LogP contribution in [0, 0.1) is 12.3 Å². The normalized spacial score (nSPS) is 12.3. The molecule has 0 amide bonds. The van der Waals surface area contributed by atoms with Crippen molar-refractivity contribution in [1.82, 2.24) is 15.1 Å². The van der Waals surface area contributed by atoms with Crippen molar-refractivity contribution in [1.29, 1.82) is 0 Å². The average molecular weight is 205 g/mol. The zero-order chi connectivity index (χ0) is 11.1. The SMILES string of the molecule is C#CCCC(NCCC)c1ccn(C)n1. The van der Waals surface area contributed by atoms with Gasteiger partial charge in [-0.05, 0) is 25.5 Å². The van der Waals surface area contributed by atoms with Gasteiger partial charge in [0.05, 0.1) is 11.7 Å². The van der Waals surface area contributed by atoms with Crippen LogP contribution in [0.4, 0.5) is 0 Å². The molecule has 0 radical (unpaired) electrons. The number of terminal acetylenes is 1. The minimum Gasteiger partial charge on any atom is -0.309 e. The number of aryl methyl sites for hydroxylation is 1. The molecule has 82 valence electrons. The quantitative estimate of drug-likeness (QED) is 0.719. The van der Waals surface area contributed by atoms with Crippen LogP contribution in [0.2, 0.25) is 0 Å². The molecule has 0 aromatic carbocycles. The lowest BCUT2D eigenvalue weighted by atomic mass is 10.1. The van der Waals surface area contributed by atoms with E-state index < -0.39 is 0 Å². The maximum Gasteiger partial charge on any atom is 0.0794 e. The van der Waals surface area contributed by atoms with Crippen LogP contribution in [0.15, 0.2) is 12.3 Å². The van der Waals surface area contributed by atoms with E-state index in [1.165, 1.54) is 0 Å². The number of nitrogens with zero attached hydrogens (tertiary/aromatic N) is 2. The van der Waals surface area contributed by atoms with Crippen LogP contribution in [0.1, 0.15) is 37.9 Å². The van der Waals surface area contributed by atoms with Gasteiger partial charge in [0.15, 0.2) is 0 Å². The molecule has 1 atom stereocenters. The molecule has 1 unspecified atom stereocenters. The predicted molar refractivity (Wildman–Crippen MR) is 62.3 cm³/mol. The molecule has 0 aliphatic carbocycles. The molecule has 0 aliphatic heterocycles. The Morgan fingerprint density at radius 3 is 3.00 bits per heavy atom. The first-order chi connectivity index (χ1) is 7.27. The van der Waals surface area contributed by atoms with Gasteiger partial charge in [-0.25, -0.2) is 0 Å². The van der Waals surface area contributed by atoms with E-state index in [-0.39, 0.29) is 0 Å². The Morgan fingerprint density at radius 2 is 2.47 bits per heavy atom. The molecule has 1 aromatic heterocycles. The zero-order valence-corrected chi connectivity index (χ0v) is 9.53. The molecule has 15 heavy (non-hydrogen) atoms. The fraction of sp³-hybridized carbons (Fsp3) is 0.583. The van der Waals surface area contributed by atoms with Crippen LogP contribution in [0.3, 0.4) is 0 Å². The van der Waals surface area contributed by atoms with E-state index in [1.807, 2.05) is 24.0 Å². The molecule has 1 N–H and O–H groups in total. The van der Waals surface area contributed by atoms with Gasteiger partial charge in [-0.2, -0.15) is 5.10 Å². The Labute approximate surface area is 91.9 Å². The molecule has 1 rings (SSSR count). The molecule has 0 bridgehead atoms. The first-order valence-corrected chi connectivity index (χ1v) is 5.44. The lowest BCUT2D eigenvalue weighted by Gasteiger charge is -2.14. The lowest BCUT2D eigenvalue weighted by molar-refractivity contribution is 0.489. The monoisotopic (exact) mass is 205 g/mol. The number of nitrogens with one attached hydrogen (secondary N) is 1. The summed E-state index contributed by atoms with van der Waals surface area (Å²) in [7, 11) is 1.93. The van der Waals surface area contributed by atoms with E-state index in [0.717, 1.165) is 31.5 Å². The first kappa shape index (κ1) is 11.8. The predicted octanol–water partition coefficient (Wildman–Crippen LogP) is 1.87. The van der Waals surface area contributed by atoms with E-state index >= 15 is 0 Å². The minimum atomic E-state index is 0.294. The Bertz CT molecular complexity index is 322. The van der Waals surface area contributed by atoms with Gasteiger partial charge in [-0.15, -0.1) is 12.3 Å². The van der Waals surface area contributed by atoms with Gasteiger partial charge in [0.25, 0.3) is 0 Å². The molecule has 0 aliphatic rings. The summed E-state index contributed by atoms with van der Waals surface area (Å²) in [4.78, 5) is 0. The number of rotatable bonds is 6. The van der Waals surface area contributed by atoms with Crippen molar-refractivity contribution >= 4 is 0 Å². The van der Waals surface area contributed by atoms with Crippen LogP contribution in [0.5, 0.6) is 0 Å². The molecule has 0 saturated carbocycles. The van der Waals surface area contributed by atoms with Crippen molar-refractivity contribution in [3.63, 3.8) is 0 Å². The summed E-state index contributed by atoms with van der Waals surface area (Å²) in [6.45, 7) is 3.16. The molecule has 1 aromatic rings. The summed E-state index contributed by atoms with van der Waals surface area (Å²) >= 11 is 0. The third kappa shape index (κ3) is 3.77. The molecule has 3 heteroatoms. The van der Waals surface area contributed by atoms with Gasteiger partial charge < -0.3 is 5.32 Å². The Morgan fingerprint density at radius 1 is 1.67 bits per heavy atom. The van der Waals surface area contributed by atoms with Crippen molar-refractivity contribution in [3.05, 3.63) is 18.0 Å². The second kappa shape index (κ2) is 6.26. The first-order valence-electron chi connectivity index (χ1n) is 5.44. The van der Waals surface area contributed by atoms with Crippen molar-refractivity contribution in [2.75, 3.05) is 6.54 Å². The largest absolute Gasteiger partial charge is 0.309 e.